The molecule has 0 spiro atoms. The second kappa shape index (κ2) is 6.42. The van der Waals surface area contributed by atoms with Crippen LogP contribution in [0.1, 0.15) is 16.1 Å². The molecule has 4 heteroatoms. The van der Waals surface area contributed by atoms with Crippen LogP contribution in [0, 0.1) is 0 Å². The largest absolute Gasteiger partial charge is 0.461 e. The Morgan fingerprint density at radius 3 is 2.58 bits per heavy atom. The number of rotatable bonds is 4. The van der Waals surface area contributed by atoms with Crippen LogP contribution in [-0.2, 0) is 6.54 Å². The fourth-order valence-electron chi connectivity index (χ4n) is 2.69. The van der Waals surface area contributed by atoms with Crippen molar-refractivity contribution in [3.8, 4) is 0 Å². The van der Waals surface area contributed by atoms with Crippen LogP contribution in [0.2, 0.25) is 0 Å². The highest BCUT2D eigenvalue weighted by Crippen LogP contribution is 2.46. The highest BCUT2D eigenvalue weighted by Gasteiger charge is 2.26. The lowest BCUT2D eigenvalue weighted by Crippen LogP contribution is -2.17. The molecule has 0 saturated heterocycles. The van der Waals surface area contributed by atoms with Crippen molar-refractivity contribution >= 4 is 23.2 Å². The summed E-state index contributed by atoms with van der Waals surface area (Å²) < 4.78 is 5.21. The van der Waals surface area contributed by atoms with Crippen LogP contribution in [0.25, 0.3) is 0 Å². The zero-order valence-corrected chi connectivity index (χ0v) is 13.7. The van der Waals surface area contributed by atoms with Gasteiger partial charge in [0.15, 0.2) is 5.76 Å². The zero-order chi connectivity index (χ0) is 16.4. The summed E-state index contributed by atoms with van der Waals surface area (Å²) in [5, 5.41) is 0.918. The number of furan rings is 1. The van der Waals surface area contributed by atoms with Gasteiger partial charge >= 0.3 is 0 Å². The quantitative estimate of drug-likeness (QED) is 0.490. The first-order chi connectivity index (χ1) is 11.8. The number of thioether (sulfide) groups is 1. The second-order valence-corrected chi connectivity index (χ2v) is 6.53. The molecule has 4 rings (SSSR count). The van der Waals surface area contributed by atoms with Crippen molar-refractivity contribution < 1.29 is 9.21 Å². The Kier molecular flexibility index (Phi) is 3.97. The third-order valence-electron chi connectivity index (χ3n) is 3.84. The zero-order valence-electron chi connectivity index (χ0n) is 12.9. The monoisotopic (exact) mass is 333 g/mol. The first-order valence-electron chi connectivity index (χ1n) is 7.69. The summed E-state index contributed by atoms with van der Waals surface area (Å²) >= 11 is 1.61. The predicted molar refractivity (Wildman–Crippen MR) is 96.0 cm³/mol. The molecule has 0 unspecified atom stereocenters. The van der Waals surface area contributed by atoms with Gasteiger partial charge in [0.25, 0.3) is 0 Å². The molecule has 0 amide bonds. The lowest BCUT2D eigenvalue weighted by atomic mass is 10.2. The number of carbonyl (C=O) groups excluding carboxylic acids is 1. The normalized spacial score (nSPS) is 14.8. The number of ketones is 1. The maximum Gasteiger partial charge on any atom is 0.223 e. The number of hydrogen-bond donors (Lipinski definition) is 0. The van der Waals surface area contributed by atoms with Crippen molar-refractivity contribution in [2.45, 2.75) is 11.4 Å². The predicted octanol–water partition coefficient (Wildman–Crippen LogP) is 5.12. The van der Waals surface area contributed by atoms with Crippen LogP contribution >= 0.6 is 11.8 Å². The minimum Gasteiger partial charge on any atom is -0.461 e. The van der Waals surface area contributed by atoms with Crippen molar-refractivity contribution in [1.82, 2.24) is 0 Å². The Morgan fingerprint density at radius 1 is 1.00 bits per heavy atom. The Hall–Kier alpha value is -2.72. The minimum absolute atomic E-state index is 0.117. The third kappa shape index (κ3) is 2.88. The summed E-state index contributed by atoms with van der Waals surface area (Å²) in [5.74, 6) is 0.243. The fourth-order valence-corrected chi connectivity index (χ4v) is 3.79. The number of anilines is 1. The van der Waals surface area contributed by atoms with Gasteiger partial charge in [0.2, 0.25) is 5.78 Å². The Labute approximate surface area is 144 Å². The maximum absolute atomic E-state index is 12.4. The van der Waals surface area contributed by atoms with E-state index in [2.05, 4.69) is 29.2 Å². The van der Waals surface area contributed by atoms with E-state index in [4.69, 9.17) is 4.42 Å². The molecule has 1 aliphatic rings. The highest BCUT2D eigenvalue weighted by molar-refractivity contribution is 8.03. The number of para-hydroxylation sites is 1. The van der Waals surface area contributed by atoms with Crippen molar-refractivity contribution in [2.24, 2.45) is 0 Å². The van der Waals surface area contributed by atoms with Gasteiger partial charge in [0, 0.05) is 17.5 Å². The number of benzene rings is 2. The number of fused-ring (bicyclic) bond motifs is 1. The van der Waals surface area contributed by atoms with E-state index in [1.807, 2.05) is 30.3 Å². The average molecular weight is 333 g/mol. The van der Waals surface area contributed by atoms with Crippen LogP contribution in [0.15, 0.2) is 93.4 Å². The van der Waals surface area contributed by atoms with Crippen molar-refractivity contribution in [1.29, 1.82) is 0 Å². The topological polar surface area (TPSA) is 33.5 Å². The van der Waals surface area contributed by atoms with Crippen LogP contribution in [-0.4, -0.2) is 5.78 Å². The van der Waals surface area contributed by atoms with E-state index in [0.717, 1.165) is 22.2 Å². The maximum atomic E-state index is 12.4. The van der Waals surface area contributed by atoms with E-state index in [0.29, 0.717) is 5.76 Å². The third-order valence-corrected chi connectivity index (χ3v) is 4.95. The van der Waals surface area contributed by atoms with Gasteiger partial charge in [-0.2, -0.15) is 0 Å². The molecule has 3 nitrogen and oxygen atoms in total. The van der Waals surface area contributed by atoms with E-state index in [1.165, 1.54) is 11.8 Å². The van der Waals surface area contributed by atoms with Crippen molar-refractivity contribution in [3.05, 3.63) is 95.4 Å². The molecular weight excluding hydrogens is 318 g/mol. The van der Waals surface area contributed by atoms with Gasteiger partial charge in [0.05, 0.1) is 17.0 Å². The molecular formula is C20H15NO2S. The average Bonchev–Trinajstić information content (AvgIpc) is 3.25. The van der Waals surface area contributed by atoms with Crippen LogP contribution in [0.3, 0.4) is 0 Å². The van der Waals surface area contributed by atoms with E-state index in [-0.39, 0.29) is 5.78 Å². The molecule has 1 aliphatic heterocycles. The number of allylic oxidation sites excluding steroid dienone is 1. The van der Waals surface area contributed by atoms with Crippen LogP contribution in [0.5, 0.6) is 0 Å². The number of nitrogens with zero attached hydrogens (tertiary/aromatic N) is 1. The van der Waals surface area contributed by atoms with Gasteiger partial charge < -0.3 is 9.32 Å². The fraction of sp³-hybridized carbons (Fsp3) is 0.0500. The molecule has 2 heterocycles. The lowest BCUT2D eigenvalue weighted by molar-refractivity contribution is 0.102. The molecule has 0 saturated carbocycles. The molecule has 118 valence electrons. The van der Waals surface area contributed by atoms with Crippen molar-refractivity contribution in [3.63, 3.8) is 0 Å². The van der Waals surface area contributed by atoms with Gasteiger partial charge in [0.1, 0.15) is 0 Å². The Bertz CT molecular complexity index is 885. The minimum atomic E-state index is -0.117. The molecule has 0 N–H and O–H groups in total. The van der Waals surface area contributed by atoms with Crippen LogP contribution < -0.4 is 4.90 Å². The van der Waals surface area contributed by atoms with E-state index in [1.54, 1.807) is 30.0 Å². The van der Waals surface area contributed by atoms with E-state index in [9.17, 15) is 4.79 Å². The van der Waals surface area contributed by atoms with Crippen LogP contribution in [0.4, 0.5) is 5.69 Å². The number of hydrogen-bond acceptors (Lipinski definition) is 4. The van der Waals surface area contributed by atoms with Gasteiger partial charge in [-0.15, -0.1) is 0 Å². The van der Waals surface area contributed by atoms with Gasteiger partial charge in [-0.05, 0) is 29.8 Å². The second-order valence-electron chi connectivity index (χ2n) is 5.47. The highest BCUT2D eigenvalue weighted by atomic mass is 32.2. The molecule has 0 bridgehead atoms. The molecule has 0 atom stereocenters. The molecule has 24 heavy (non-hydrogen) atoms. The van der Waals surface area contributed by atoms with E-state index < -0.39 is 0 Å². The Balaban J connectivity index is 1.69. The summed E-state index contributed by atoms with van der Waals surface area (Å²) in [4.78, 5) is 15.7. The van der Waals surface area contributed by atoms with Gasteiger partial charge in [-0.1, -0.05) is 54.2 Å². The molecule has 0 aliphatic carbocycles. The first kappa shape index (κ1) is 14.8. The molecule has 1 aromatic heterocycles. The summed E-state index contributed by atoms with van der Waals surface area (Å²) in [5.41, 5.74) is 2.33. The Morgan fingerprint density at radius 2 is 1.79 bits per heavy atom. The molecule has 0 radical (unpaired) electrons. The summed E-state index contributed by atoms with van der Waals surface area (Å²) in [6.45, 7) is 0.724. The standard InChI is InChI=1S/C20H15NO2S/c22-17(18-10-6-12-23-18)13-20-21(14-15-7-2-1-3-8-15)16-9-4-5-11-19(16)24-20/h1-13H,14H2/b20-13+. The van der Waals surface area contributed by atoms with E-state index >= 15 is 0 Å². The van der Waals surface area contributed by atoms with Gasteiger partial charge in [-0.25, -0.2) is 0 Å². The summed E-state index contributed by atoms with van der Waals surface area (Å²) in [6, 6.07) is 21.9. The lowest BCUT2D eigenvalue weighted by Gasteiger charge is -2.20. The van der Waals surface area contributed by atoms with Gasteiger partial charge in [-0.3, -0.25) is 4.79 Å². The molecule has 0 fully saturated rings. The SMILES string of the molecule is O=C(/C=C1/Sc2ccccc2N1Cc1ccccc1)c1ccco1. The molecule has 3 aromatic rings. The summed E-state index contributed by atoms with van der Waals surface area (Å²) in [6.07, 6.45) is 3.18. The number of carbonyl (C=O) groups is 1. The van der Waals surface area contributed by atoms with Crippen molar-refractivity contribution in [2.75, 3.05) is 4.90 Å². The smallest absolute Gasteiger partial charge is 0.223 e. The molecule has 2 aromatic carbocycles. The first-order valence-corrected chi connectivity index (χ1v) is 8.51. The summed E-state index contributed by atoms with van der Waals surface area (Å²) in [7, 11) is 0.